The molecule has 0 fully saturated rings. The van der Waals surface area contributed by atoms with Crippen LogP contribution in [0.2, 0.25) is 5.02 Å². The highest BCUT2D eigenvalue weighted by molar-refractivity contribution is 6.32. The molecule has 5 nitrogen and oxygen atoms in total. The predicted molar refractivity (Wildman–Crippen MR) is 68.1 cm³/mol. The zero-order valence-corrected chi connectivity index (χ0v) is 9.86. The molecule has 1 amide bonds. The summed E-state index contributed by atoms with van der Waals surface area (Å²) in [5, 5.41) is 11.9. The predicted octanol–water partition coefficient (Wildman–Crippen LogP) is 1.99. The minimum atomic E-state index is -0.543. The summed E-state index contributed by atoms with van der Waals surface area (Å²) >= 11 is 5.71. The summed E-state index contributed by atoms with van der Waals surface area (Å²) < 4.78 is 0. The first-order valence-corrected chi connectivity index (χ1v) is 5.43. The van der Waals surface area contributed by atoms with Crippen molar-refractivity contribution in [2.45, 2.75) is 0 Å². The van der Waals surface area contributed by atoms with Crippen LogP contribution in [0.3, 0.4) is 0 Å². The SMILES string of the molecule is O=C(Nc1ccc(O)c(Cl)c1)c1ccc[nH]c1=O. The van der Waals surface area contributed by atoms with Gasteiger partial charge in [-0.2, -0.15) is 0 Å². The third-order valence-corrected chi connectivity index (χ3v) is 2.57. The Morgan fingerprint density at radius 1 is 1.33 bits per heavy atom. The molecule has 1 aromatic carbocycles. The number of phenols is 1. The molecule has 0 unspecified atom stereocenters. The van der Waals surface area contributed by atoms with Crippen molar-refractivity contribution in [2.24, 2.45) is 0 Å². The summed E-state index contributed by atoms with van der Waals surface area (Å²) in [6.45, 7) is 0. The van der Waals surface area contributed by atoms with Gasteiger partial charge >= 0.3 is 0 Å². The minimum absolute atomic E-state index is 0.00157. The highest BCUT2D eigenvalue weighted by Gasteiger charge is 2.10. The summed E-state index contributed by atoms with van der Waals surface area (Å²) in [6.07, 6.45) is 1.44. The van der Waals surface area contributed by atoms with Gasteiger partial charge in [-0.05, 0) is 30.3 Å². The Morgan fingerprint density at radius 3 is 2.78 bits per heavy atom. The second-order valence-electron chi connectivity index (χ2n) is 3.53. The van der Waals surface area contributed by atoms with Gasteiger partial charge in [-0.3, -0.25) is 9.59 Å². The molecule has 0 aliphatic heterocycles. The standard InChI is InChI=1S/C12H9ClN2O3/c13-9-6-7(3-4-10(9)16)15-12(18)8-2-1-5-14-11(8)17/h1-6,16H,(H,14,17)(H,15,18). The van der Waals surface area contributed by atoms with Gasteiger partial charge in [0.05, 0.1) is 5.02 Å². The molecule has 1 heterocycles. The van der Waals surface area contributed by atoms with E-state index in [1.807, 2.05) is 0 Å². The van der Waals surface area contributed by atoms with Crippen molar-refractivity contribution in [3.8, 4) is 5.75 Å². The third-order valence-electron chi connectivity index (χ3n) is 2.27. The van der Waals surface area contributed by atoms with Crippen LogP contribution >= 0.6 is 11.6 Å². The molecular weight excluding hydrogens is 256 g/mol. The number of pyridine rings is 1. The summed E-state index contributed by atoms with van der Waals surface area (Å²) in [6, 6.07) is 7.20. The van der Waals surface area contributed by atoms with Gasteiger partial charge in [0, 0.05) is 11.9 Å². The van der Waals surface area contributed by atoms with Gasteiger partial charge in [0.25, 0.3) is 11.5 Å². The smallest absolute Gasteiger partial charge is 0.261 e. The molecule has 0 saturated heterocycles. The molecule has 0 bridgehead atoms. The monoisotopic (exact) mass is 264 g/mol. The number of nitrogens with one attached hydrogen (secondary N) is 2. The number of hydrogen-bond acceptors (Lipinski definition) is 3. The number of halogens is 1. The van der Waals surface area contributed by atoms with Gasteiger partial charge in [-0.25, -0.2) is 0 Å². The lowest BCUT2D eigenvalue weighted by molar-refractivity contribution is 0.102. The fourth-order valence-electron chi connectivity index (χ4n) is 1.38. The van der Waals surface area contributed by atoms with Crippen LogP contribution in [0.4, 0.5) is 5.69 Å². The average Bonchev–Trinajstić information content (AvgIpc) is 2.34. The molecule has 0 spiro atoms. The number of aromatic nitrogens is 1. The highest BCUT2D eigenvalue weighted by atomic mass is 35.5. The first kappa shape index (κ1) is 12.2. The van der Waals surface area contributed by atoms with Crippen molar-refractivity contribution in [1.29, 1.82) is 0 Å². The zero-order chi connectivity index (χ0) is 13.1. The van der Waals surface area contributed by atoms with E-state index in [1.54, 1.807) is 6.07 Å². The van der Waals surface area contributed by atoms with E-state index < -0.39 is 11.5 Å². The van der Waals surface area contributed by atoms with E-state index in [0.717, 1.165) is 0 Å². The summed E-state index contributed by atoms with van der Waals surface area (Å²) in [5.74, 6) is -0.620. The van der Waals surface area contributed by atoms with E-state index in [4.69, 9.17) is 11.6 Å². The number of H-pyrrole nitrogens is 1. The molecule has 92 valence electrons. The van der Waals surface area contributed by atoms with Crippen LogP contribution < -0.4 is 10.9 Å². The molecule has 2 aromatic rings. The maximum absolute atomic E-state index is 11.8. The number of carbonyl (C=O) groups is 1. The number of benzene rings is 1. The number of amides is 1. The van der Waals surface area contributed by atoms with E-state index in [-0.39, 0.29) is 16.3 Å². The lowest BCUT2D eigenvalue weighted by Crippen LogP contribution is -2.22. The number of aromatic amines is 1. The number of rotatable bonds is 2. The van der Waals surface area contributed by atoms with Crippen LogP contribution in [0.15, 0.2) is 41.3 Å². The molecule has 18 heavy (non-hydrogen) atoms. The molecule has 3 N–H and O–H groups in total. The highest BCUT2D eigenvalue weighted by Crippen LogP contribution is 2.26. The summed E-state index contributed by atoms with van der Waals surface area (Å²) in [4.78, 5) is 25.6. The molecule has 2 rings (SSSR count). The molecule has 0 aliphatic rings. The maximum atomic E-state index is 11.8. The van der Waals surface area contributed by atoms with Crippen molar-refractivity contribution in [3.63, 3.8) is 0 Å². The van der Waals surface area contributed by atoms with E-state index in [1.165, 1.54) is 30.5 Å². The van der Waals surface area contributed by atoms with E-state index in [0.29, 0.717) is 5.69 Å². The van der Waals surface area contributed by atoms with Crippen molar-refractivity contribution < 1.29 is 9.90 Å². The van der Waals surface area contributed by atoms with Gasteiger partial charge in [0.1, 0.15) is 11.3 Å². The molecule has 0 aliphatic carbocycles. The lowest BCUT2D eigenvalue weighted by atomic mass is 10.2. The number of hydrogen-bond donors (Lipinski definition) is 3. The quantitative estimate of drug-likeness (QED) is 0.726. The summed E-state index contributed by atoms with van der Waals surface area (Å²) in [7, 11) is 0. The molecular formula is C12H9ClN2O3. The largest absolute Gasteiger partial charge is 0.506 e. The Morgan fingerprint density at radius 2 is 2.11 bits per heavy atom. The van der Waals surface area contributed by atoms with Crippen LogP contribution in [-0.2, 0) is 0 Å². The van der Waals surface area contributed by atoms with E-state index in [2.05, 4.69) is 10.3 Å². The topological polar surface area (TPSA) is 82.2 Å². The Bertz CT molecular complexity index is 652. The lowest BCUT2D eigenvalue weighted by Gasteiger charge is -2.05. The van der Waals surface area contributed by atoms with Crippen LogP contribution in [-0.4, -0.2) is 16.0 Å². The van der Waals surface area contributed by atoms with Crippen molar-refractivity contribution in [3.05, 3.63) is 57.5 Å². The van der Waals surface area contributed by atoms with Gasteiger partial charge < -0.3 is 15.4 Å². The molecule has 0 atom stereocenters. The Hall–Kier alpha value is -2.27. The number of aromatic hydroxyl groups is 1. The van der Waals surface area contributed by atoms with Gasteiger partial charge in [-0.1, -0.05) is 11.6 Å². The van der Waals surface area contributed by atoms with Crippen molar-refractivity contribution >= 4 is 23.2 Å². The fraction of sp³-hybridized carbons (Fsp3) is 0. The number of carbonyl (C=O) groups excluding carboxylic acids is 1. The van der Waals surface area contributed by atoms with Crippen molar-refractivity contribution in [2.75, 3.05) is 5.32 Å². The fourth-order valence-corrected chi connectivity index (χ4v) is 1.56. The van der Waals surface area contributed by atoms with Crippen molar-refractivity contribution in [1.82, 2.24) is 4.98 Å². The maximum Gasteiger partial charge on any atom is 0.261 e. The minimum Gasteiger partial charge on any atom is -0.506 e. The molecule has 6 heteroatoms. The zero-order valence-electron chi connectivity index (χ0n) is 9.11. The van der Waals surface area contributed by atoms with Crippen LogP contribution in [0.5, 0.6) is 5.75 Å². The van der Waals surface area contributed by atoms with Gasteiger partial charge in [-0.15, -0.1) is 0 Å². The second kappa shape index (κ2) is 4.93. The number of anilines is 1. The first-order chi connectivity index (χ1) is 8.58. The third kappa shape index (κ3) is 2.52. The van der Waals surface area contributed by atoms with E-state index >= 15 is 0 Å². The first-order valence-electron chi connectivity index (χ1n) is 5.05. The van der Waals surface area contributed by atoms with Crippen LogP contribution in [0, 0.1) is 0 Å². The van der Waals surface area contributed by atoms with Crippen LogP contribution in [0.25, 0.3) is 0 Å². The Kier molecular flexibility index (Phi) is 3.34. The number of phenolic OH excluding ortho intramolecular Hbond substituents is 1. The Labute approximate surface area is 107 Å². The molecule has 1 aromatic heterocycles. The van der Waals surface area contributed by atoms with Gasteiger partial charge in [0.15, 0.2) is 0 Å². The average molecular weight is 265 g/mol. The normalized spacial score (nSPS) is 10.1. The Balaban J connectivity index is 2.24. The van der Waals surface area contributed by atoms with Crippen LogP contribution in [0.1, 0.15) is 10.4 Å². The molecule has 0 radical (unpaired) electrons. The van der Waals surface area contributed by atoms with Gasteiger partial charge in [0.2, 0.25) is 0 Å². The molecule has 0 saturated carbocycles. The second-order valence-corrected chi connectivity index (χ2v) is 3.94. The van der Waals surface area contributed by atoms with E-state index in [9.17, 15) is 14.7 Å². The summed E-state index contributed by atoms with van der Waals surface area (Å²) in [5.41, 5.74) is -0.0763.